The second-order valence-corrected chi connectivity index (χ2v) is 4.50. The molecule has 0 aliphatic rings. The number of thioether (sulfide) groups is 1. The fraction of sp³-hybridized carbons (Fsp3) is 0.364. The quantitative estimate of drug-likeness (QED) is 0.617. The zero-order valence-electron chi connectivity index (χ0n) is 8.97. The maximum atomic E-state index is 12.6. The number of carbonyl (C=O) groups is 1. The van der Waals surface area contributed by atoms with Crippen molar-refractivity contribution in [3.8, 4) is 0 Å². The van der Waals surface area contributed by atoms with Crippen LogP contribution in [0.25, 0.3) is 0 Å². The van der Waals surface area contributed by atoms with Gasteiger partial charge in [-0.15, -0.1) is 23.4 Å². The summed E-state index contributed by atoms with van der Waals surface area (Å²) < 4.78 is 37.8. The van der Waals surface area contributed by atoms with Gasteiger partial charge in [0.2, 0.25) is 0 Å². The maximum absolute atomic E-state index is 12.6. The molecule has 0 aromatic heterocycles. The highest BCUT2D eigenvalue weighted by molar-refractivity contribution is 7.98. The molecule has 0 aliphatic carbocycles. The molecule has 1 nitrogen and oxygen atoms in total. The van der Waals surface area contributed by atoms with Gasteiger partial charge in [-0.2, -0.15) is 13.2 Å². The SMILES string of the molecule is CSc1cc(CC(=O)CCl)ccc1C(F)(F)F. The van der Waals surface area contributed by atoms with Crippen molar-refractivity contribution >= 4 is 29.1 Å². The number of benzene rings is 1. The van der Waals surface area contributed by atoms with Crippen molar-refractivity contribution in [2.24, 2.45) is 0 Å². The summed E-state index contributed by atoms with van der Waals surface area (Å²) in [5, 5.41) is 0. The topological polar surface area (TPSA) is 17.1 Å². The molecule has 0 radical (unpaired) electrons. The van der Waals surface area contributed by atoms with Crippen LogP contribution in [0.1, 0.15) is 11.1 Å². The lowest BCUT2D eigenvalue weighted by atomic mass is 10.1. The van der Waals surface area contributed by atoms with Gasteiger partial charge in [0, 0.05) is 11.3 Å². The van der Waals surface area contributed by atoms with Gasteiger partial charge in [-0.05, 0) is 24.0 Å². The van der Waals surface area contributed by atoms with Crippen LogP contribution in [-0.2, 0) is 17.4 Å². The Morgan fingerprint density at radius 1 is 1.41 bits per heavy atom. The first-order chi connectivity index (χ1) is 7.88. The van der Waals surface area contributed by atoms with Gasteiger partial charge in [0.15, 0.2) is 5.78 Å². The number of rotatable bonds is 4. The molecule has 0 aliphatic heterocycles. The molecule has 0 amide bonds. The van der Waals surface area contributed by atoms with Gasteiger partial charge in [0.1, 0.15) is 0 Å². The molecule has 0 atom stereocenters. The molecule has 94 valence electrons. The highest BCUT2D eigenvalue weighted by atomic mass is 35.5. The van der Waals surface area contributed by atoms with E-state index in [9.17, 15) is 18.0 Å². The summed E-state index contributed by atoms with van der Waals surface area (Å²) in [5.41, 5.74) is -0.125. The monoisotopic (exact) mass is 282 g/mol. The summed E-state index contributed by atoms with van der Waals surface area (Å²) in [5.74, 6) is -0.339. The fourth-order valence-corrected chi connectivity index (χ4v) is 2.12. The average Bonchev–Trinajstić information content (AvgIpc) is 2.27. The van der Waals surface area contributed by atoms with Crippen molar-refractivity contribution in [1.82, 2.24) is 0 Å². The summed E-state index contributed by atoms with van der Waals surface area (Å²) in [6, 6.07) is 3.70. The van der Waals surface area contributed by atoms with Crippen LogP contribution < -0.4 is 0 Å². The molecule has 0 bridgehead atoms. The molecule has 1 rings (SSSR count). The highest BCUT2D eigenvalue weighted by Gasteiger charge is 2.33. The number of hydrogen-bond acceptors (Lipinski definition) is 2. The van der Waals surface area contributed by atoms with Crippen LogP contribution in [0.15, 0.2) is 23.1 Å². The van der Waals surface area contributed by atoms with Crippen LogP contribution in [0.2, 0.25) is 0 Å². The van der Waals surface area contributed by atoms with Gasteiger partial charge >= 0.3 is 6.18 Å². The number of ketones is 1. The lowest BCUT2D eigenvalue weighted by molar-refractivity contribution is -0.139. The maximum Gasteiger partial charge on any atom is 0.417 e. The van der Waals surface area contributed by atoms with Gasteiger partial charge in [0.05, 0.1) is 11.4 Å². The lowest BCUT2D eigenvalue weighted by Gasteiger charge is -2.12. The molecule has 1 aromatic carbocycles. The highest BCUT2D eigenvalue weighted by Crippen LogP contribution is 2.36. The van der Waals surface area contributed by atoms with E-state index in [0.29, 0.717) is 5.56 Å². The summed E-state index contributed by atoms with van der Waals surface area (Å²) >= 11 is 6.35. The first-order valence-electron chi connectivity index (χ1n) is 4.70. The van der Waals surface area contributed by atoms with Crippen LogP contribution in [0.5, 0.6) is 0 Å². The third kappa shape index (κ3) is 3.92. The van der Waals surface area contributed by atoms with Crippen LogP contribution in [-0.4, -0.2) is 17.9 Å². The minimum atomic E-state index is -4.37. The Bertz CT molecular complexity index is 418. The van der Waals surface area contributed by atoms with Gasteiger partial charge < -0.3 is 0 Å². The first kappa shape index (κ1) is 14.4. The second kappa shape index (κ2) is 5.78. The van der Waals surface area contributed by atoms with Crippen LogP contribution in [0.3, 0.4) is 0 Å². The Hall–Kier alpha value is -0.680. The van der Waals surface area contributed by atoms with Crippen molar-refractivity contribution in [2.75, 3.05) is 12.1 Å². The number of hydrogen-bond donors (Lipinski definition) is 0. The van der Waals surface area contributed by atoms with E-state index >= 15 is 0 Å². The zero-order valence-corrected chi connectivity index (χ0v) is 10.5. The number of carbonyl (C=O) groups excluding carboxylic acids is 1. The standard InChI is InChI=1S/C11H10ClF3OS/c1-17-10-5-7(4-8(16)6-12)2-3-9(10)11(13,14)15/h2-3,5H,4,6H2,1H3. The van der Waals surface area contributed by atoms with Crippen molar-refractivity contribution < 1.29 is 18.0 Å². The molecule has 0 saturated heterocycles. The number of halogens is 4. The lowest BCUT2D eigenvalue weighted by Crippen LogP contribution is -2.09. The molecule has 0 saturated carbocycles. The van der Waals surface area contributed by atoms with Gasteiger partial charge in [-0.25, -0.2) is 0 Å². The van der Waals surface area contributed by atoms with E-state index < -0.39 is 11.7 Å². The van der Waals surface area contributed by atoms with E-state index in [2.05, 4.69) is 0 Å². The summed E-state index contributed by atoms with van der Waals surface area (Å²) in [6.45, 7) is 0. The predicted octanol–water partition coefficient (Wildman–Crippen LogP) is 3.78. The molecule has 1 aromatic rings. The van der Waals surface area contributed by atoms with E-state index in [1.165, 1.54) is 12.1 Å². The fourth-order valence-electron chi connectivity index (χ4n) is 1.35. The summed E-state index contributed by atoms with van der Waals surface area (Å²) in [6.07, 6.45) is -2.74. The van der Waals surface area contributed by atoms with Crippen molar-refractivity contribution in [1.29, 1.82) is 0 Å². The summed E-state index contributed by atoms with van der Waals surface area (Å²) in [4.78, 5) is 11.2. The van der Waals surface area contributed by atoms with E-state index in [-0.39, 0.29) is 23.0 Å². The predicted molar refractivity (Wildman–Crippen MR) is 62.7 cm³/mol. The van der Waals surface area contributed by atoms with Crippen molar-refractivity contribution in [3.63, 3.8) is 0 Å². The van der Waals surface area contributed by atoms with Crippen molar-refractivity contribution in [2.45, 2.75) is 17.5 Å². The average molecular weight is 283 g/mol. The smallest absolute Gasteiger partial charge is 0.298 e. The molecule has 0 N–H and O–H groups in total. The Balaban J connectivity index is 3.05. The Morgan fingerprint density at radius 2 is 2.06 bits per heavy atom. The molecule has 0 heterocycles. The number of alkyl halides is 4. The van der Waals surface area contributed by atoms with E-state index in [4.69, 9.17) is 11.6 Å². The van der Waals surface area contributed by atoms with Gasteiger partial charge in [-0.3, -0.25) is 4.79 Å². The Morgan fingerprint density at radius 3 is 2.53 bits per heavy atom. The molecule has 6 heteroatoms. The third-order valence-electron chi connectivity index (χ3n) is 2.12. The van der Waals surface area contributed by atoms with E-state index in [1.54, 1.807) is 6.26 Å². The molecule has 0 spiro atoms. The van der Waals surface area contributed by atoms with Gasteiger partial charge in [0.25, 0.3) is 0 Å². The number of Topliss-reactive ketones (excluding diaryl/α,β-unsaturated/α-hetero) is 1. The van der Waals surface area contributed by atoms with Crippen LogP contribution in [0, 0.1) is 0 Å². The Labute approximate surface area is 106 Å². The molecule has 0 unspecified atom stereocenters. The molecule has 17 heavy (non-hydrogen) atoms. The third-order valence-corrected chi connectivity index (χ3v) is 3.20. The molecular formula is C11H10ClF3OS. The minimum Gasteiger partial charge on any atom is -0.298 e. The van der Waals surface area contributed by atoms with E-state index in [0.717, 1.165) is 17.8 Å². The summed E-state index contributed by atoms with van der Waals surface area (Å²) in [7, 11) is 0. The van der Waals surface area contributed by atoms with Crippen LogP contribution in [0.4, 0.5) is 13.2 Å². The Kier molecular flexibility index (Phi) is 4.89. The van der Waals surface area contributed by atoms with Crippen molar-refractivity contribution in [3.05, 3.63) is 29.3 Å². The second-order valence-electron chi connectivity index (χ2n) is 3.38. The zero-order chi connectivity index (χ0) is 13.1. The normalized spacial score (nSPS) is 11.6. The first-order valence-corrected chi connectivity index (χ1v) is 6.46. The van der Waals surface area contributed by atoms with Gasteiger partial charge in [-0.1, -0.05) is 6.07 Å². The van der Waals surface area contributed by atoms with Crippen LogP contribution >= 0.6 is 23.4 Å². The minimum absolute atomic E-state index is 0.0647. The molecular weight excluding hydrogens is 273 g/mol. The van der Waals surface area contributed by atoms with E-state index in [1.807, 2.05) is 0 Å². The molecule has 0 fully saturated rings. The largest absolute Gasteiger partial charge is 0.417 e.